The van der Waals surface area contributed by atoms with E-state index in [0.717, 1.165) is 5.56 Å². The van der Waals surface area contributed by atoms with E-state index in [1.165, 1.54) is 21.9 Å². The van der Waals surface area contributed by atoms with Crippen LogP contribution in [0.3, 0.4) is 0 Å². The van der Waals surface area contributed by atoms with Crippen LogP contribution in [-0.2, 0) is 9.59 Å². The number of hydrogen-bond acceptors (Lipinski definition) is 3. The Morgan fingerprint density at radius 3 is 2.84 bits per heavy atom. The molecule has 0 spiro atoms. The van der Waals surface area contributed by atoms with Crippen LogP contribution in [0.5, 0.6) is 0 Å². The molecule has 0 N–H and O–H groups in total. The van der Waals surface area contributed by atoms with Gasteiger partial charge >= 0.3 is 0 Å². The maximum atomic E-state index is 13.9. The van der Waals surface area contributed by atoms with Gasteiger partial charge in [0.25, 0.3) is 0 Å². The molecule has 2 aromatic rings. The highest BCUT2D eigenvalue weighted by atomic mass is 19.1. The summed E-state index contributed by atoms with van der Waals surface area (Å²) in [6.45, 7) is 0.383. The molecule has 1 atom stereocenters. The fourth-order valence-corrected chi connectivity index (χ4v) is 2.85. The summed E-state index contributed by atoms with van der Waals surface area (Å²) in [4.78, 5) is 31.7. The molecule has 1 fully saturated rings. The average molecular weight is 339 g/mol. The molecule has 5 nitrogen and oxygen atoms in total. The third-order valence-corrected chi connectivity index (χ3v) is 4.24. The van der Waals surface area contributed by atoms with Crippen LogP contribution in [0, 0.1) is 5.82 Å². The number of halogens is 1. The van der Waals surface area contributed by atoms with E-state index in [1.54, 1.807) is 49.8 Å². The number of carbonyl (C=O) groups excluding carboxylic acids is 2. The summed E-state index contributed by atoms with van der Waals surface area (Å²) in [5.74, 6) is -0.990. The third kappa shape index (κ3) is 3.57. The minimum absolute atomic E-state index is 0.252. The van der Waals surface area contributed by atoms with Crippen molar-refractivity contribution < 1.29 is 14.0 Å². The largest absolute Gasteiger partial charge is 0.330 e. The minimum atomic E-state index is -0.592. The Kier molecular flexibility index (Phi) is 4.88. The lowest BCUT2D eigenvalue weighted by atomic mass is 10.2. The van der Waals surface area contributed by atoms with Gasteiger partial charge in [0, 0.05) is 32.1 Å². The van der Waals surface area contributed by atoms with Crippen LogP contribution in [0.15, 0.2) is 54.9 Å². The van der Waals surface area contributed by atoms with Gasteiger partial charge in [-0.25, -0.2) is 4.39 Å². The molecule has 3 rings (SSSR count). The first-order valence-corrected chi connectivity index (χ1v) is 7.99. The zero-order chi connectivity index (χ0) is 17.8. The smallest absolute Gasteiger partial charge is 0.249 e. The van der Waals surface area contributed by atoms with E-state index in [-0.39, 0.29) is 17.5 Å². The second-order valence-electron chi connectivity index (χ2n) is 5.81. The van der Waals surface area contributed by atoms with E-state index in [9.17, 15) is 14.0 Å². The second kappa shape index (κ2) is 7.25. The molecule has 1 aliphatic rings. The first-order valence-electron chi connectivity index (χ1n) is 7.99. The Morgan fingerprint density at radius 1 is 1.32 bits per heavy atom. The van der Waals surface area contributed by atoms with Crippen molar-refractivity contribution in [2.75, 3.05) is 18.5 Å². The van der Waals surface area contributed by atoms with Gasteiger partial charge in [0.15, 0.2) is 0 Å². The van der Waals surface area contributed by atoms with Crippen molar-refractivity contribution in [1.82, 2.24) is 9.88 Å². The van der Waals surface area contributed by atoms with Gasteiger partial charge in [-0.05, 0) is 36.3 Å². The van der Waals surface area contributed by atoms with Crippen molar-refractivity contribution in [1.29, 1.82) is 0 Å². The SMILES string of the molecule is CN(C(=O)/C=C/c1cccnc1)[C@H]1CCN(c2ccccc2F)C1=O. The van der Waals surface area contributed by atoms with Crippen molar-refractivity contribution in [2.24, 2.45) is 0 Å². The monoisotopic (exact) mass is 339 g/mol. The van der Waals surface area contributed by atoms with E-state index in [1.807, 2.05) is 6.07 Å². The van der Waals surface area contributed by atoms with Crippen molar-refractivity contribution in [2.45, 2.75) is 12.5 Å². The molecule has 0 unspecified atom stereocenters. The molecule has 2 amide bonds. The molecular weight excluding hydrogens is 321 g/mol. The third-order valence-electron chi connectivity index (χ3n) is 4.24. The van der Waals surface area contributed by atoms with Gasteiger partial charge in [-0.3, -0.25) is 14.6 Å². The summed E-state index contributed by atoms with van der Waals surface area (Å²) >= 11 is 0. The molecule has 25 heavy (non-hydrogen) atoms. The van der Waals surface area contributed by atoms with E-state index in [2.05, 4.69) is 4.98 Å². The maximum Gasteiger partial charge on any atom is 0.249 e. The number of benzene rings is 1. The van der Waals surface area contributed by atoms with Gasteiger partial charge in [-0.1, -0.05) is 18.2 Å². The number of hydrogen-bond donors (Lipinski definition) is 0. The number of anilines is 1. The Labute approximate surface area is 145 Å². The molecule has 0 aliphatic carbocycles. The van der Waals surface area contributed by atoms with E-state index >= 15 is 0 Å². The number of pyridine rings is 1. The number of para-hydroxylation sites is 1. The van der Waals surface area contributed by atoms with Crippen molar-refractivity contribution in [3.63, 3.8) is 0 Å². The summed E-state index contributed by atoms with van der Waals surface area (Å²) in [7, 11) is 1.59. The highest BCUT2D eigenvalue weighted by molar-refractivity contribution is 6.03. The summed E-state index contributed by atoms with van der Waals surface area (Å²) in [6.07, 6.45) is 6.83. The van der Waals surface area contributed by atoms with Crippen LogP contribution in [0.25, 0.3) is 6.08 Å². The molecule has 0 radical (unpaired) electrons. The molecule has 1 aromatic carbocycles. The number of carbonyl (C=O) groups is 2. The molecule has 1 aliphatic heterocycles. The lowest BCUT2D eigenvalue weighted by Crippen LogP contribution is -2.42. The molecule has 2 heterocycles. The van der Waals surface area contributed by atoms with Crippen LogP contribution in [-0.4, -0.2) is 41.3 Å². The van der Waals surface area contributed by atoms with Gasteiger partial charge in [0.1, 0.15) is 11.9 Å². The Balaban J connectivity index is 1.70. The van der Waals surface area contributed by atoms with Crippen LogP contribution in [0.4, 0.5) is 10.1 Å². The zero-order valence-electron chi connectivity index (χ0n) is 13.8. The molecule has 1 aromatic heterocycles. The van der Waals surface area contributed by atoms with Crippen LogP contribution < -0.4 is 4.90 Å². The summed E-state index contributed by atoms with van der Waals surface area (Å²) in [6, 6.07) is 9.17. The Hall–Kier alpha value is -3.02. The fraction of sp³-hybridized carbons (Fsp3) is 0.211. The molecular formula is C19H18FN3O2. The highest BCUT2D eigenvalue weighted by Gasteiger charge is 2.37. The molecule has 0 saturated carbocycles. The quantitative estimate of drug-likeness (QED) is 0.804. The molecule has 6 heteroatoms. The lowest BCUT2D eigenvalue weighted by molar-refractivity contribution is -0.132. The van der Waals surface area contributed by atoms with Gasteiger partial charge < -0.3 is 9.80 Å². The average Bonchev–Trinajstić information content (AvgIpc) is 3.01. The van der Waals surface area contributed by atoms with Crippen molar-refractivity contribution in [3.05, 3.63) is 66.2 Å². The predicted molar refractivity (Wildman–Crippen MR) is 93.2 cm³/mol. The van der Waals surface area contributed by atoms with E-state index in [4.69, 9.17) is 0 Å². The predicted octanol–water partition coefficient (Wildman–Crippen LogP) is 2.50. The first-order chi connectivity index (χ1) is 12.1. The fourth-order valence-electron chi connectivity index (χ4n) is 2.85. The number of rotatable bonds is 4. The standard InChI is InChI=1S/C19H18FN3O2/c1-22(18(24)9-8-14-5-4-11-21-13-14)17-10-12-23(19(17)25)16-7-3-2-6-15(16)20/h2-9,11,13,17H,10,12H2,1H3/b9-8+/t17-/m0/s1. The normalized spacial score (nSPS) is 17.3. The number of nitrogens with zero attached hydrogens (tertiary/aromatic N) is 3. The van der Waals surface area contributed by atoms with Crippen LogP contribution in [0.2, 0.25) is 0 Å². The van der Waals surface area contributed by atoms with Crippen molar-refractivity contribution in [3.8, 4) is 0 Å². The van der Waals surface area contributed by atoms with Crippen LogP contribution in [0.1, 0.15) is 12.0 Å². The number of amides is 2. The number of likely N-dealkylation sites (N-methyl/N-ethyl adjacent to an activating group) is 1. The summed E-state index contributed by atoms with van der Waals surface area (Å²) in [5, 5.41) is 0. The molecule has 1 saturated heterocycles. The maximum absolute atomic E-state index is 13.9. The summed E-state index contributed by atoms with van der Waals surface area (Å²) < 4.78 is 13.9. The number of aromatic nitrogens is 1. The van der Waals surface area contributed by atoms with Gasteiger partial charge in [-0.15, -0.1) is 0 Å². The van der Waals surface area contributed by atoms with Gasteiger partial charge in [0.05, 0.1) is 5.69 Å². The highest BCUT2D eigenvalue weighted by Crippen LogP contribution is 2.26. The Morgan fingerprint density at radius 2 is 2.12 bits per heavy atom. The second-order valence-corrected chi connectivity index (χ2v) is 5.81. The van der Waals surface area contributed by atoms with Crippen LogP contribution >= 0.6 is 0 Å². The van der Waals surface area contributed by atoms with Gasteiger partial charge in [0.2, 0.25) is 11.8 Å². The molecule has 0 bridgehead atoms. The topological polar surface area (TPSA) is 53.5 Å². The minimum Gasteiger partial charge on any atom is -0.330 e. The van der Waals surface area contributed by atoms with Crippen molar-refractivity contribution >= 4 is 23.6 Å². The van der Waals surface area contributed by atoms with Gasteiger partial charge in [-0.2, -0.15) is 0 Å². The van der Waals surface area contributed by atoms with E-state index < -0.39 is 11.9 Å². The van der Waals surface area contributed by atoms with E-state index in [0.29, 0.717) is 13.0 Å². The lowest BCUT2D eigenvalue weighted by Gasteiger charge is -2.23. The first kappa shape index (κ1) is 16.8. The Bertz CT molecular complexity index is 807. The summed E-state index contributed by atoms with van der Waals surface area (Å²) in [5.41, 5.74) is 1.05. The molecule has 128 valence electrons. The zero-order valence-corrected chi connectivity index (χ0v) is 13.8.